The predicted molar refractivity (Wildman–Crippen MR) is 94.1 cm³/mol. The summed E-state index contributed by atoms with van der Waals surface area (Å²) in [5, 5.41) is 8.96. The Morgan fingerprint density at radius 3 is 1.20 bits per heavy atom. The standard InChI is InChI=1S/C12H31NO3Si4/c1-17(2,3)14-20(12-10-11-13,15-18(4,5)6)16-19(7,8)9/h10,12H2,1-9H3. The summed E-state index contributed by atoms with van der Waals surface area (Å²) in [6, 6.07) is 2.83. The lowest BCUT2D eigenvalue weighted by atomic mass is 10.6. The zero-order valence-electron chi connectivity index (χ0n) is 14.6. The van der Waals surface area contributed by atoms with Crippen molar-refractivity contribution in [2.45, 2.75) is 71.4 Å². The fourth-order valence-corrected chi connectivity index (χ4v) is 16.3. The Morgan fingerprint density at radius 2 is 1.00 bits per heavy atom. The Balaban J connectivity index is 5.45. The van der Waals surface area contributed by atoms with Crippen LogP contribution in [0.2, 0.25) is 65.0 Å². The molecule has 0 saturated heterocycles. The summed E-state index contributed by atoms with van der Waals surface area (Å²) in [4.78, 5) is 0. The minimum Gasteiger partial charge on any atom is -0.417 e. The van der Waals surface area contributed by atoms with Gasteiger partial charge in [-0.2, -0.15) is 5.26 Å². The highest BCUT2D eigenvalue weighted by Gasteiger charge is 2.49. The van der Waals surface area contributed by atoms with Gasteiger partial charge in [0.15, 0.2) is 25.0 Å². The van der Waals surface area contributed by atoms with E-state index in [9.17, 15) is 0 Å². The molecule has 0 atom stereocenters. The van der Waals surface area contributed by atoms with Crippen LogP contribution in [0.3, 0.4) is 0 Å². The SMILES string of the molecule is C[Si](C)(C)O[Si](CCC#N)(O[Si](C)(C)C)O[Si](C)(C)C. The van der Waals surface area contributed by atoms with Crippen molar-refractivity contribution in [3.63, 3.8) is 0 Å². The van der Waals surface area contributed by atoms with Crippen LogP contribution in [0.4, 0.5) is 0 Å². The van der Waals surface area contributed by atoms with E-state index in [-0.39, 0.29) is 0 Å². The molecule has 0 saturated carbocycles. The average Bonchev–Trinajstić information content (AvgIpc) is 2.05. The highest BCUT2D eigenvalue weighted by Crippen LogP contribution is 2.29. The summed E-state index contributed by atoms with van der Waals surface area (Å²) in [7, 11) is -8.15. The average molecular weight is 350 g/mol. The van der Waals surface area contributed by atoms with Crippen LogP contribution >= 0.6 is 0 Å². The molecule has 0 N–H and O–H groups in total. The molecule has 0 heterocycles. The van der Waals surface area contributed by atoms with Gasteiger partial charge in [-0.1, -0.05) is 0 Å². The lowest BCUT2D eigenvalue weighted by molar-refractivity contribution is 0.252. The molecule has 118 valence electrons. The Bertz CT molecular complexity index is 309. The van der Waals surface area contributed by atoms with E-state index in [1.165, 1.54) is 0 Å². The van der Waals surface area contributed by atoms with Gasteiger partial charge >= 0.3 is 8.80 Å². The van der Waals surface area contributed by atoms with Crippen molar-refractivity contribution in [3.05, 3.63) is 0 Å². The minimum atomic E-state index is -2.76. The molecular weight excluding hydrogens is 318 g/mol. The maximum Gasteiger partial charge on any atom is 0.470 e. The topological polar surface area (TPSA) is 51.5 Å². The van der Waals surface area contributed by atoms with E-state index in [1.807, 2.05) is 0 Å². The number of nitriles is 1. The van der Waals surface area contributed by atoms with Crippen molar-refractivity contribution < 1.29 is 12.3 Å². The van der Waals surface area contributed by atoms with Crippen LogP contribution < -0.4 is 0 Å². The first kappa shape index (κ1) is 20.2. The molecule has 0 bridgehead atoms. The van der Waals surface area contributed by atoms with Crippen molar-refractivity contribution in [1.82, 2.24) is 0 Å². The van der Waals surface area contributed by atoms with Crippen LogP contribution in [0, 0.1) is 11.3 Å². The monoisotopic (exact) mass is 349 g/mol. The van der Waals surface area contributed by atoms with Crippen molar-refractivity contribution in [1.29, 1.82) is 5.26 Å². The molecule has 0 spiro atoms. The first-order chi connectivity index (χ1) is 8.68. The predicted octanol–water partition coefficient (Wildman–Crippen LogP) is 4.39. The first-order valence-corrected chi connectivity index (χ1v) is 19.3. The summed E-state index contributed by atoms with van der Waals surface area (Å²) in [5.41, 5.74) is 0. The van der Waals surface area contributed by atoms with E-state index in [2.05, 4.69) is 65.0 Å². The lowest BCUT2D eigenvalue weighted by Crippen LogP contribution is -2.60. The Kier molecular flexibility index (Phi) is 7.08. The molecule has 20 heavy (non-hydrogen) atoms. The van der Waals surface area contributed by atoms with Gasteiger partial charge in [0.05, 0.1) is 6.07 Å². The summed E-state index contributed by atoms with van der Waals surface area (Å²) >= 11 is 0. The third-order valence-corrected chi connectivity index (χ3v) is 13.9. The van der Waals surface area contributed by atoms with Crippen molar-refractivity contribution in [2.75, 3.05) is 0 Å². The molecule has 0 aromatic heterocycles. The van der Waals surface area contributed by atoms with Gasteiger partial charge in [-0.15, -0.1) is 0 Å². The van der Waals surface area contributed by atoms with Gasteiger partial charge in [0.1, 0.15) is 0 Å². The third kappa shape index (κ3) is 10.0. The second-order valence-electron chi connectivity index (χ2n) is 7.98. The van der Waals surface area contributed by atoms with Gasteiger partial charge in [-0.25, -0.2) is 0 Å². The van der Waals surface area contributed by atoms with E-state index < -0.39 is 33.8 Å². The molecule has 4 nitrogen and oxygen atoms in total. The molecule has 0 aliphatic rings. The normalized spacial score (nSPS) is 14.2. The van der Waals surface area contributed by atoms with Gasteiger partial charge in [0, 0.05) is 12.5 Å². The Morgan fingerprint density at radius 1 is 0.700 bits per heavy atom. The summed E-state index contributed by atoms with van der Waals surface area (Å²) < 4.78 is 19.3. The molecule has 0 amide bonds. The van der Waals surface area contributed by atoms with Crippen LogP contribution in [0.25, 0.3) is 0 Å². The molecule has 0 aromatic rings. The zero-order valence-corrected chi connectivity index (χ0v) is 18.6. The minimum absolute atomic E-state index is 0.436. The van der Waals surface area contributed by atoms with Gasteiger partial charge in [-0.05, 0) is 58.9 Å². The summed E-state index contributed by atoms with van der Waals surface area (Å²) in [6.07, 6.45) is 0.436. The smallest absolute Gasteiger partial charge is 0.417 e. The molecule has 8 heteroatoms. The fourth-order valence-electron chi connectivity index (χ4n) is 1.82. The molecule has 0 aromatic carbocycles. The molecule has 0 aliphatic heterocycles. The fraction of sp³-hybridized carbons (Fsp3) is 0.917. The molecule has 0 aliphatic carbocycles. The Labute approximate surface area is 129 Å². The largest absolute Gasteiger partial charge is 0.470 e. The summed E-state index contributed by atoms with van der Waals surface area (Å²) in [6.45, 7) is 19.4. The molecular formula is C12H31NO3Si4. The van der Waals surface area contributed by atoms with Crippen molar-refractivity contribution in [3.8, 4) is 6.07 Å². The lowest BCUT2D eigenvalue weighted by Gasteiger charge is -2.42. The second-order valence-corrected chi connectivity index (χ2v) is 25.0. The van der Waals surface area contributed by atoms with Gasteiger partial charge in [0.2, 0.25) is 0 Å². The van der Waals surface area contributed by atoms with Gasteiger partial charge < -0.3 is 12.3 Å². The van der Waals surface area contributed by atoms with E-state index in [0.717, 1.165) is 0 Å². The number of hydrogen-bond donors (Lipinski definition) is 0. The quantitative estimate of drug-likeness (QED) is 0.610. The molecule has 0 unspecified atom stereocenters. The third-order valence-electron chi connectivity index (χ3n) is 1.93. The number of hydrogen-bond acceptors (Lipinski definition) is 4. The van der Waals surface area contributed by atoms with Gasteiger partial charge in [0.25, 0.3) is 0 Å². The number of nitrogens with zero attached hydrogens (tertiary/aromatic N) is 1. The van der Waals surface area contributed by atoms with Crippen LogP contribution in [-0.2, 0) is 12.3 Å². The first-order valence-electron chi connectivity index (χ1n) is 7.16. The van der Waals surface area contributed by atoms with E-state index in [1.54, 1.807) is 0 Å². The van der Waals surface area contributed by atoms with Crippen LogP contribution in [0.15, 0.2) is 0 Å². The van der Waals surface area contributed by atoms with E-state index >= 15 is 0 Å². The molecule has 0 radical (unpaired) electrons. The summed E-state index contributed by atoms with van der Waals surface area (Å²) in [5.74, 6) is 0. The maximum absolute atomic E-state index is 8.96. The van der Waals surface area contributed by atoms with Gasteiger partial charge in [-0.3, -0.25) is 0 Å². The number of rotatable bonds is 8. The van der Waals surface area contributed by atoms with Crippen LogP contribution in [0.5, 0.6) is 0 Å². The highest BCUT2D eigenvalue weighted by molar-refractivity contribution is 6.90. The van der Waals surface area contributed by atoms with Crippen molar-refractivity contribution in [2.24, 2.45) is 0 Å². The van der Waals surface area contributed by atoms with Crippen LogP contribution in [-0.4, -0.2) is 33.8 Å². The maximum atomic E-state index is 8.96. The zero-order chi connectivity index (χ0) is 16.2. The Hall–Kier alpha value is 0.238. The second kappa shape index (κ2) is 7.00. The molecule has 0 fully saturated rings. The van der Waals surface area contributed by atoms with E-state index in [0.29, 0.717) is 12.5 Å². The molecule has 0 rings (SSSR count). The highest BCUT2D eigenvalue weighted by atomic mass is 28.5. The van der Waals surface area contributed by atoms with E-state index in [4.69, 9.17) is 17.6 Å². The van der Waals surface area contributed by atoms with Crippen molar-refractivity contribution >= 4 is 33.8 Å². The van der Waals surface area contributed by atoms with Crippen LogP contribution in [0.1, 0.15) is 6.42 Å².